The highest BCUT2D eigenvalue weighted by Gasteiger charge is 2.20. The van der Waals surface area contributed by atoms with Crippen molar-refractivity contribution in [2.24, 2.45) is 0 Å². The van der Waals surface area contributed by atoms with E-state index < -0.39 is 15.3 Å². The van der Waals surface area contributed by atoms with Gasteiger partial charge in [-0.15, -0.1) is 0 Å². The van der Waals surface area contributed by atoms with Crippen molar-refractivity contribution in [3.8, 4) is 0 Å². The zero-order valence-corrected chi connectivity index (χ0v) is 13.9. The van der Waals surface area contributed by atoms with Gasteiger partial charge in [0.15, 0.2) is 0 Å². The molecule has 0 heterocycles. The summed E-state index contributed by atoms with van der Waals surface area (Å²) in [4.78, 5) is 0. The van der Waals surface area contributed by atoms with Crippen LogP contribution in [0, 0.1) is 6.92 Å². The topological polar surface area (TPSA) is 58.2 Å². The molecule has 19 heavy (non-hydrogen) atoms. The number of rotatable bonds is 7. The van der Waals surface area contributed by atoms with Crippen molar-refractivity contribution in [3.63, 3.8) is 0 Å². The van der Waals surface area contributed by atoms with Gasteiger partial charge in [-0.05, 0) is 44.5 Å². The lowest BCUT2D eigenvalue weighted by Crippen LogP contribution is -2.35. The van der Waals surface area contributed by atoms with Crippen LogP contribution in [0.2, 0.25) is 0 Å². The van der Waals surface area contributed by atoms with E-state index in [4.69, 9.17) is 0 Å². The van der Waals surface area contributed by atoms with Crippen LogP contribution >= 0.6 is 15.9 Å². The summed E-state index contributed by atoms with van der Waals surface area (Å²) in [6, 6.07) is 5.54. The summed E-state index contributed by atoms with van der Waals surface area (Å²) in [7, 11) is -3.37. The Hall–Kier alpha value is -0.590. The Labute approximate surface area is 124 Å². The number of sulfonamides is 1. The fourth-order valence-corrected chi connectivity index (χ4v) is 2.98. The van der Waals surface area contributed by atoms with Gasteiger partial charge in [0.1, 0.15) is 0 Å². The van der Waals surface area contributed by atoms with Crippen LogP contribution < -0.4 is 10.0 Å². The van der Waals surface area contributed by atoms with Crippen LogP contribution in [0.3, 0.4) is 0 Å². The maximum absolute atomic E-state index is 12.2. The smallest absolute Gasteiger partial charge is 0.236 e. The normalized spacial score (nSPS) is 13.3. The lowest BCUT2D eigenvalue weighted by Gasteiger charge is -2.16. The number of halogens is 1. The van der Waals surface area contributed by atoms with Crippen molar-refractivity contribution in [3.05, 3.63) is 28.2 Å². The number of hydrogen-bond donors (Lipinski definition) is 2. The SMILES string of the molecule is CCCNCC(C)S(=O)(=O)Nc1cc(Br)ccc1C. The van der Waals surface area contributed by atoms with E-state index in [1.54, 1.807) is 13.0 Å². The monoisotopic (exact) mass is 348 g/mol. The minimum absolute atomic E-state index is 0.455. The zero-order valence-electron chi connectivity index (χ0n) is 11.5. The Kier molecular flexibility index (Phi) is 6.29. The molecule has 1 unspecified atom stereocenters. The van der Waals surface area contributed by atoms with Crippen molar-refractivity contribution in [2.75, 3.05) is 17.8 Å². The first-order valence-electron chi connectivity index (χ1n) is 6.35. The van der Waals surface area contributed by atoms with Crippen LogP contribution in [0.1, 0.15) is 25.8 Å². The highest BCUT2D eigenvalue weighted by Crippen LogP contribution is 2.22. The van der Waals surface area contributed by atoms with Gasteiger partial charge in [-0.1, -0.05) is 28.9 Å². The number of hydrogen-bond acceptors (Lipinski definition) is 3. The second kappa shape index (κ2) is 7.26. The molecule has 1 aromatic carbocycles. The molecule has 0 amide bonds. The summed E-state index contributed by atoms with van der Waals surface area (Å²) in [5.41, 5.74) is 1.53. The molecule has 0 saturated carbocycles. The molecule has 0 aliphatic heterocycles. The molecular weight excluding hydrogens is 328 g/mol. The van der Waals surface area contributed by atoms with Gasteiger partial charge in [-0.25, -0.2) is 8.42 Å². The standard InChI is InChI=1S/C13H21BrN2O2S/c1-4-7-15-9-11(3)19(17,18)16-13-8-12(14)6-5-10(13)2/h5-6,8,11,15-16H,4,7,9H2,1-3H3. The Morgan fingerprint density at radius 2 is 2.05 bits per heavy atom. The molecule has 0 saturated heterocycles. The van der Waals surface area contributed by atoms with Crippen molar-refractivity contribution in [1.29, 1.82) is 0 Å². The second-order valence-electron chi connectivity index (χ2n) is 4.62. The average molecular weight is 349 g/mol. The van der Waals surface area contributed by atoms with Gasteiger partial charge in [0, 0.05) is 11.0 Å². The van der Waals surface area contributed by atoms with Gasteiger partial charge >= 0.3 is 0 Å². The van der Waals surface area contributed by atoms with Crippen molar-refractivity contribution in [2.45, 2.75) is 32.4 Å². The third-order valence-electron chi connectivity index (χ3n) is 2.84. The van der Waals surface area contributed by atoms with E-state index in [0.717, 1.165) is 23.0 Å². The van der Waals surface area contributed by atoms with Gasteiger partial charge in [-0.3, -0.25) is 4.72 Å². The van der Waals surface area contributed by atoms with Crippen LogP contribution in [-0.4, -0.2) is 26.8 Å². The summed E-state index contributed by atoms with van der Waals surface area (Å²) in [6.07, 6.45) is 0.991. The zero-order chi connectivity index (χ0) is 14.5. The summed E-state index contributed by atoms with van der Waals surface area (Å²) < 4.78 is 27.9. The van der Waals surface area contributed by atoms with Gasteiger partial charge < -0.3 is 5.32 Å². The summed E-state index contributed by atoms with van der Waals surface area (Å²) in [5.74, 6) is 0. The molecule has 0 aliphatic carbocycles. The highest BCUT2D eigenvalue weighted by atomic mass is 79.9. The summed E-state index contributed by atoms with van der Waals surface area (Å²) >= 11 is 3.34. The molecule has 1 aromatic rings. The number of aryl methyl sites for hydroxylation is 1. The Morgan fingerprint density at radius 3 is 2.68 bits per heavy atom. The molecule has 0 aliphatic rings. The molecular formula is C13H21BrN2O2S. The molecule has 0 radical (unpaired) electrons. The van der Waals surface area contributed by atoms with Crippen LogP contribution in [-0.2, 0) is 10.0 Å². The molecule has 4 nitrogen and oxygen atoms in total. The van der Waals surface area contributed by atoms with E-state index in [1.165, 1.54) is 0 Å². The Balaban J connectivity index is 2.75. The van der Waals surface area contributed by atoms with E-state index in [9.17, 15) is 8.42 Å². The first-order chi connectivity index (χ1) is 8.86. The van der Waals surface area contributed by atoms with Gasteiger partial charge in [0.05, 0.1) is 10.9 Å². The first-order valence-corrected chi connectivity index (χ1v) is 8.69. The molecule has 0 spiro atoms. The third-order valence-corrected chi connectivity index (χ3v) is 5.06. The minimum atomic E-state index is -3.37. The maximum Gasteiger partial charge on any atom is 0.236 e. The van der Waals surface area contributed by atoms with Crippen LogP contribution in [0.5, 0.6) is 0 Å². The quantitative estimate of drug-likeness (QED) is 0.745. The minimum Gasteiger partial charge on any atom is -0.315 e. The lowest BCUT2D eigenvalue weighted by atomic mass is 10.2. The van der Waals surface area contributed by atoms with Crippen LogP contribution in [0.15, 0.2) is 22.7 Å². The number of anilines is 1. The largest absolute Gasteiger partial charge is 0.315 e. The predicted octanol–water partition coefficient (Wildman–Crippen LogP) is 2.89. The van der Waals surface area contributed by atoms with E-state index in [-0.39, 0.29) is 0 Å². The molecule has 1 atom stereocenters. The molecule has 6 heteroatoms. The number of nitrogens with one attached hydrogen (secondary N) is 2. The Bertz CT molecular complexity index is 517. The summed E-state index contributed by atoms with van der Waals surface area (Å²) in [5, 5.41) is 2.65. The second-order valence-corrected chi connectivity index (χ2v) is 7.64. The fraction of sp³-hybridized carbons (Fsp3) is 0.538. The Morgan fingerprint density at radius 1 is 1.37 bits per heavy atom. The van der Waals surface area contributed by atoms with Crippen molar-refractivity contribution >= 4 is 31.6 Å². The van der Waals surface area contributed by atoms with E-state index in [1.807, 2.05) is 19.1 Å². The molecule has 0 fully saturated rings. The van der Waals surface area contributed by atoms with E-state index >= 15 is 0 Å². The summed E-state index contributed by atoms with van der Waals surface area (Å²) in [6.45, 7) is 6.92. The molecule has 108 valence electrons. The first kappa shape index (κ1) is 16.5. The van der Waals surface area contributed by atoms with E-state index in [2.05, 4.69) is 32.9 Å². The third kappa shape index (κ3) is 5.12. The lowest BCUT2D eigenvalue weighted by molar-refractivity contribution is 0.575. The van der Waals surface area contributed by atoms with Gasteiger partial charge in [0.2, 0.25) is 10.0 Å². The van der Waals surface area contributed by atoms with Gasteiger partial charge in [-0.2, -0.15) is 0 Å². The highest BCUT2D eigenvalue weighted by molar-refractivity contribution is 9.10. The van der Waals surface area contributed by atoms with Gasteiger partial charge in [0.25, 0.3) is 0 Å². The van der Waals surface area contributed by atoms with Crippen molar-refractivity contribution < 1.29 is 8.42 Å². The fourth-order valence-electron chi connectivity index (χ4n) is 1.55. The van der Waals surface area contributed by atoms with Crippen molar-refractivity contribution in [1.82, 2.24) is 5.32 Å². The maximum atomic E-state index is 12.2. The van der Waals surface area contributed by atoms with E-state index in [0.29, 0.717) is 12.2 Å². The molecule has 1 rings (SSSR count). The molecule has 0 bridgehead atoms. The number of benzene rings is 1. The molecule has 2 N–H and O–H groups in total. The van der Waals surface area contributed by atoms with Crippen LogP contribution in [0.25, 0.3) is 0 Å². The average Bonchev–Trinajstić information content (AvgIpc) is 2.33. The predicted molar refractivity (Wildman–Crippen MR) is 84.0 cm³/mol. The molecule has 0 aromatic heterocycles. The van der Waals surface area contributed by atoms with Crippen LogP contribution in [0.4, 0.5) is 5.69 Å².